The minimum absolute atomic E-state index is 0.701. The van der Waals surface area contributed by atoms with Gasteiger partial charge in [-0.3, -0.25) is 9.80 Å². The van der Waals surface area contributed by atoms with Crippen LogP contribution in [0.5, 0.6) is 0 Å². The minimum atomic E-state index is 0.701. The van der Waals surface area contributed by atoms with E-state index in [0.717, 1.165) is 19.0 Å². The molecule has 2 N–H and O–H groups in total. The number of aromatic nitrogens is 1. The van der Waals surface area contributed by atoms with E-state index in [1.807, 2.05) is 0 Å². The average molecular weight is 294 g/mol. The van der Waals surface area contributed by atoms with E-state index in [-0.39, 0.29) is 0 Å². The second kappa shape index (κ2) is 6.98. The summed E-state index contributed by atoms with van der Waals surface area (Å²) in [6, 6.07) is 0.882. The first-order valence-corrected chi connectivity index (χ1v) is 8.83. The molecule has 0 atom stereocenters. The summed E-state index contributed by atoms with van der Waals surface area (Å²) < 4.78 is 0. The van der Waals surface area contributed by atoms with Gasteiger partial charge >= 0.3 is 0 Å². The Morgan fingerprint density at radius 3 is 2.65 bits per heavy atom. The Kier molecular flexibility index (Phi) is 5.04. The van der Waals surface area contributed by atoms with Crippen LogP contribution in [0.2, 0.25) is 0 Å². The van der Waals surface area contributed by atoms with Crippen molar-refractivity contribution < 1.29 is 0 Å². The normalized spacial score (nSPS) is 22.6. The van der Waals surface area contributed by atoms with Gasteiger partial charge in [0.25, 0.3) is 0 Å². The molecule has 2 aliphatic rings. The van der Waals surface area contributed by atoms with E-state index in [0.29, 0.717) is 6.54 Å². The summed E-state index contributed by atoms with van der Waals surface area (Å²) in [5, 5.41) is 3.39. The van der Waals surface area contributed by atoms with E-state index in [9.17, 15) is 0 Å². The van der Waals surface area contributed by atoms with Crippen molar-refractivity contribution in [2.75, 3.05) is 32.7 Å². The highest BCUT2D eigenvalue weighted by Gasteiger charge is 2.26. The number of thiazole rings is 1. The Morgan fingerprint density at radius 2 is 1.95 bits per heavy atom. The van der Waals surface area contributed by atoms with Crippen molar-refractivity contribution in [3.8, 4) is 0 Å². The van der Waals surface area contributed by atoms with Gasteiger partial charge in [-0.1, -0.05) is 12.8 Å². The first-order chi connectivity index (χ1) is 9.85. The molecule has 20 heavy (non-hydrogen) atoms. The van der Waals surface area contributed by atoms with Gasteiger partial charge in [0.05, 0.1) is 10.7 Å². The molecule has 2 fully saturated rings. The molecule has 4 nitrogen and oxygen atoms in total. The Bertz CT molecular complexity index is 406. The number of hydrogen-bond donors (Lipinski definition) is 1. The largest absolute Gasteiger partial charge is 0.330 e. The Hall–Kier alpha value is -0.490. The standard InChI is InChI=1S/C15H26N4S/c16-6-5-15-17-13(12-20-15)11-18-7-9-19(10-8-18)14-3-1-2-4-14/h12,14H,1-11,16H2. The number of nitrogens with two attached hydrogens (primary N) is 1. The smallest absolute Gasteiger partial charge is 0.0941 e. The Balaban J connectivity index is 1.45. The van der Waals surface area contributed by atoms with Crippen molar-refractivity contribution in [2.24, 2.45) is 5.73 Å². The Labute approximate surface area is 126 Å². The molecule has 1 aliphatic carbocycles. The fourth-order valence-electron chi connectivity index (χ4n) is 3.44. The summed E-state index contributed by atoms with van der Waals surface area (Å²) in [5.74, 6) is 0. The first kappa shape index (κ1) is 14.4. The highest BCUT2D eigenvalue weighted by molar-refractivity contribution is 7.09. The highest BCUT2D eigenvalue weighted by Crippen LogP contribution is 2.24. The second-order valence-corrected chi connectivity index (χ2v) is 6.96. The molecule has 0 bridgehead atoms. The van der Waals surface area contributed by atoms with Crippen molar-refractivity contribution in [1.82, 2.24) is 14.8 Å². The van der Waals surface area contributed by atoms with Crippen LogP contribution in [0.25, 0.3) is 0 Å². The summed E-state index contributed by atoms with van der Waals surface area (Å²) in [6.45, 7) is 6.59. The molecular formula is C15H26N4S. The van der Waals surface area contributed by atoms with Crippen LogP contribution in [0.1, 0.15) is 36.4 Å². The summed E-state index contributed by atoms with van der Waals surface area (Å²) in [4.78, 5) is 9.93. The van der Waals surface area contributed by atoms with Gasteiger partial charge < -0.3 is 5.73 Å². The molecule has 2 heterocycles. The van der Waals surface area contributed by atoms with Gasteiger partial charge in [0.2, 0.25) is 0 Å². The molecule has 5 heteroatoms. The molecule has 1 aromatic rings. The number of rotatable bonds is 5. The molecule has 0 radical (unpaired) electrons. The predicted octanol–water partition coefficient (Wildman–Crippen LogP) is 1.70. The van der Waals surface area contributed by atoms with Crippen LogP contribution in [0, 0.1) is 0 Å². The van der Waals surface area contributed by atoms with Gasteiger partial charge in [-0.05, 0) is 19.4 Å². The van der Waals surface area contributed by atoms with Gasteiger partial charge in [0.15, 0.2) is 0 Å². The quantitative estimate of drug-likeness (QED) is 0.898. The van der Waals surface area contributed by atoms with Crippen LogP contribution >= 0.6 is 11.3 Å². The highest BCUT2D eigenvalue weighted by atomic mass is 32.1. The van der Waals surface area contributed by atoms with Crippen molar-refractivity contribution in [3.63, 3.8) is 0 Å². The van der Waals surface area contributed by atoms with Gasteiger partial charge in [-0.2, -0.15) is 0 Å². The number of piperazine rings is 1. The lowest BCUT2D eigenvalue weighted by Gasteiger charge is -2.37. The lowest BCUT2D eigenvalue weighted by molar-refractivity contribution is 0.0930. The van der Waals surface area contributed by atoms with E-state index >= 15 is 0 Å². The molecule has 0 amide bonds. The molecule has 0 unspecified atom stereocenters. The Morgan fingerprint density at radius 1 is 1.20 bits per heavy atom. The van der Waals surface area contributed by atoms with E-state index in [1.165, 1.54) is 62.6 Å². The second-order valence-electron chi connectivity index (χ2n) is 6.02. The van der Waals surface area contributed by atoms with E-state index in [2.05, 4.69) is 20.2 Å². The lowest BCUT2D eigenvalue weighted by atomic mass is 10.2. The van der Waals surface area contributed by atoms with Crippen LogP contribution in [-0.2, 0) is 13.0 Å². The fraction of sp³-hybridized carbons (Fsp3) is 0.800. The maximum atomic E-state index is 5.58. The van der Waals surface area contributed by atoms with Crippen molar-refractivity contribution in [3.05, 3.63) is 16.1 Å². The zero-order chi connectivity index (χ0) is 13.8. The SMILES string of the molecule is NCCc1nc(CN2CCN(C3CCCC3)CC2)cs1. The van der Waals surface area contributed by atoms with Crippen molar-refractivity contribution in [1.29, 1.82) is 0 Å². The third kappa shape index (κ3) is 3.58. The molecule has 1 aliphatic heterocycles. The van der Waals surface area contributed by atoms with Crippen LogP contribution in [0.3, 0.4) is 0 Å². The zero-order valence-electron chi connectivity index (χ0n) is 12.3. The third-order valence-electron chi connectivity index (χ3n) is 4.59. The van der Waals surface area contributed by atoms with Gasteiger partial charge in [0, 0.05) is 50.6 Å². The van der Waals surface area contributed by atoms with E-state index in [4.69, 9.17) is 5.73 Å². The van der Waals surface area contributed by atoms with Crippen LogP contribution in [0.4, 0.5) is 0 Å². The topological polar surface area (TPSA) is 45.4 Å². The maximum Gasteiger partial charge on any atom is 0.0941 e. The monoisotopic (exact) mass is 294 g/mol. The summed E-state index contributed by atoms with van der Waals surface area (Å²) >= 11 is 1.76. The van der Waals surface area contributed by atoms with Crippen LogP contribution < -0.4 is 5.73 Å². The van der Waals surface area contributed by atoms with Crippen LogP contribution in [-0.4, -0.2) is 53.5 Å². The molecule has 112 valence electrons. The van der Waals surface area contributed by atoms with Gasteiger partial charge in [-0.25, -0.2) is 4.98 Å². The molecule has 1 saturated heterocycles. The van der Waals surface area contributed by atoms with Gasteiger partial charge in [0.1, 0.15) is 0 Å². The molecule has 0 aromatic carbocycles. The third-order valence-corrected chi connectivity index (χ3v) is 5.55. The molecular weight excluding hydrogens is 268 g/mol. The molecule has 1 saturated carbocycles. The fourth-order valence-corrected chi connectivity index (χ4v) is 4.25. The van der Waals surface area contributed by atoms with Crippen LogP contribution in [0.15, 0.2) is 5.38 Å². The zero-order valence-corrected chi connectivity index (χ0v) is 13.1. The summed E-state index contributed by atoms with van der Waals surface area (Å²) in [6.07, 6.45) is 6.64. The number of hydrogen-bond acceptors (Lipinski definition) is 5. The minimum Gasteiger partial charge on any atom is -0.330 e. The molecule has 0 spiro atoms. The predicted molar refractivity (Wildman–Crippen MR) is 84.0 cm³/mol. The van der Waals surface area contributed by atoms with Crippen molar-refractivity contribution >= 4 is 11.3 Å². The molecule has 3 rings (SSSR count). The number of nitrogens with zero attached hydrogens (tertiary/aromatic N) is 3. The lowest BCUT2D eigenvalue weighted by Crippen LogP contribution is -2.49. The summed E-state index contributed by atoms with van der Waals surface area (Å²) in [5.41, 5.74) is 6.81. The van der Waals surface area contributed by atoms with Gasteiger partial charge in [-0.15, -0.1) is 11.3 Å². The van der Waals surface area contributed by atoms with E-state index < -0.39 is 0 Å². The molecule has 1 aromatic heterocycles. The maximum absolute atomic E-state index is 5.58. The first-order valence-electron chi connectivity index (χ1n) is 7.95. The van der Waals surface area contributed by atoms with E-state index in [1.54, 1.807) is 11.3 Å². The average Bonchev–Trinajstić information content (AvgIpc) is 3.12. The summed E-state index contributed by atoms with van der Waals surface area (Å²) in [7, 11) is 0. The van der Waals surface area contributed by atoms with Crippen molar-refractivity contribution in [2.45, 2.75) is 44.7 Å².